The van der Waals surface area contributed by atoms with Crippen molar-refractivity contribution >= 4 is 11.5 Å². The molecule has 0 amide bonds. The second-order valence-electron chi connectivity index (χ2n) is 3.18. The third-order valence-corrected chi connectivity index (χ3v) is 2.24. The first kappa shape index (κ1) is 8.83. The Morgan fingerprint density at radius 3 is 2.57 bits per heavy atom. The number of hydrogen-bond donors (Lipinski definition) is 1. The predicted octanol–water partition coefficient (Wildman–Crippen LogP) is 0.622. The summed E-state index contributed by atoms with van der Waals surface area (Å²) >= 11 is 0. The van der Waals surface area contributed by atoms with Crippen molar-refractivity contribution in [2.24, 2.45) is 0 Å². The van der Waals surface area contributed by atoms with Gasteiger partial charge < -0.3 is 5.11 Å². The van der Waals surface area contributed by atoms with E-state index in [-0.39, 0.29) is 11.5 Å². The molecule has 0 heterocycles. The van der Waals surface area contributed by atoms with Gasteiger partial charge in [0.15, 0.2) is 5.78 Å². The van der Waals surface area contributed by atoms with E-state index in [1.165, 1.54) is 18.2 Å². The Hall–Kier alpha value is -1.75. The Labute approximate surface area is 79.1 Å². The lowest BCUT2D eigenvalue weighted by Crippen LogP contribution is -1.91. The fourth-order valence-electron chi connectivity index (χ4n) is 1.41. The second-order valence-corrected chi connectivity index (χ2v) is 3.18. The molecule has 0 aliphatic heterocycles. The highest BCUT2D eigenvalue weighted by Crippen LogP contribution is 2.37. The molecule has 14 heavy (non-hydrogen) atoms. The first-order valence-electron chi connectivity index (χ1n) is 4.07. The Bertz CT molecular complexity index is 415. The zero-order chi connectivity index (χ0) is 10.3. The number of nitro groups is 1. The largest absolute Gasteiger partial charge is 0.384 e. The molecular formula is C9H7NO4. The van der Waals surface area contributed by atoms with E-state index in [4.69, 9.17) is 5.11 Å². The zero-order valence-corrected chi connectivity index (χ0v) is 7.08. The molecule has 5 heteroatoms. The molecule has 5 nitrogen and oxygen atoms in total. The normalized spacial score (nSPS) is 24.8. The van der Waals surface area contributed by atoms with Crippen LogP contribution < -0.4 is 0 Å². The molecule has 1 aromatic rings. The molecule has 0 radical (unpaired) electrons. The van der Waals surface area contributed by atoms with Gasteiger partial charge in [-0.25, -0.2) is 0 Å². The molecule has 1 aromatic carbocycles. The molecule has 2 atom stereocenters. The van der Waals surface area contributed by atoms with Crippen molar-refractivity contribution in [3.63, 3.8) is 0 Å². The van der Waals surface area contributed by atoms with Crippen LogP contribution in [-0.2, 0) is 4.79 Å². The van der Waals surface area contributed by atoms with Gasteiger partial charge in [-0.15, -0.1) is 0 Å². The number of nitrogens with zero attached hydrogens (tertiary/aromatic N) is 1. The van der Waals surface area contributed by atoms with Crippen molar-refractivity contribution in [1.82, 2.24) is 0 Å². The molecule has 0 saturated heterocycles. The Morgan fingerprint density at radius 1 is 1.43 bits per heavy atom. The van der Waals surface area contributed by atoms with Gasteiger partial charge in [0.25, 0.3) is 5.69 Å². The lowest BCUT2D eigenvalue weighted by Gasteiger charge is -1.95. The summed E-state index contributed by atoms with van der Waals surface area (Å²) in [5.74, 6) is -0.833. The van der Waals surface area contributed by atoms with Crippen molar-refractivity contribution in [2.45, 2.75) is 12.0 Å². The summed E-state index contributed by atoms with van der Waals surface area (Å²) < 4.78 is 0. The minimum atomic E-state index is -0.975. The summed E-state index contributed by atoms with van der Waals surface area (Å²) in [6.07, 6.45) is -0.975. The number of carbonyl (C=O) groups is 1. The van der Waals surface area contributed by atoms with Crippen molar-refractivity contribution in [3.8, 4) is 0 Å². The molecule has 1 aliphatic carbocycles. The Kier molecular flexibility index (Phi) is 1.82. The van der Waals surface area contributed by atoms with Crippen LogP contribution in [0.3, 0.4) is 0 Å². The summed E-state index contributed by atoms with van der Waals surface area (Å²) in [7, 11) is 0. The minimum absolute atomic E-state index is 0.0607. The molecule has 2 unspecified atom stereocenters. The van der Waals surface area contributed by atoms with Crippen LogP contribution in [0.1, 0.15) is 11.5 Å². The number of ketones is 1. The van der Waals surface area contributed by atoms with Crippen LogP contribution in [0.15, 0.2) is 24.3 Å². The summed E-state index contributed by atoms with van der Waals surface area (Å²) in [6, 6.07) is 5.78. The maximum atomic E-state index is 10.9. The smallest absolute Gasteiger partial charge is 0.269 e. The Balaban J connectivity index is 2.32. The average molecular weight is 193 g/mol. The van der Waals surface area contributed by atoms with Gasteiger partial charge in [-0.05, 0) is 5.56 Å². The third-order valence-electron chi connectivity index (χ3n) is 2.24. The van der Waals surface area contributed by atoms with Crippen molar-refractivity contribution in [2.75, 3.05) is 0 Å². The molecule has 1 aliphatic rings. The van der Waals surface area contributed by atoms with Crippen molar-refractivity contribution in [3.05, 3.63) is 39.9 Å². The molecule has 0 spiro atoms. The first-order valence-corrected chi connectivity index (χ1v) is 4.07. The number of benzene rings is 1. The quantitative estimate of drug-likeness (QED) is 0.551. The van der Waals surface area contributed by atoms with Gasteiger partial charge in [-0.1, -0.05) is 12.1 Å². The fraction of sp³-hybridized carbons (Fsp3) is 0.222. The number of carbonyl (C=O) groups excluding carboxylic acids is 1. The Morgan fingerprint density at radius 2 is 2.07 bits per heavy atom. The third kappa shape index (κ3) is 1.27. The van der Waals surface area contributed by atoms with E-state index in [2.05, 4.69) is 0 Å². The number of nitro benzene ring substituents is 1. The van der Waals surface area contributed by atoms with Gasteiger partial charge in [-0.2, -0.15) is 0 Å². The molecule has 1 saturated carbocycles. The van der Waals surface area contributed by atoms with Crippen LogP contribution in [0.2, 0.25) is 0 Å². The standard InChI is InChI=1S/C9H7NO4/c11-8-7(9(8)12)5-2-1-3-6(4-5)10(13)14/h1-4,7-8,11H. The van der Waals surface area contributed by atoms with Gasteiger partial charge >= 0.3 is 0 Å². The van der Waals surface area contributed by atoms with Crippen LogP contribution in [0.4, 0.5) is 5.69 Å². The second kappa shape index (κ2) is 2.88. The average Bonchev–Trinajstić information content (AvgIpc) is 2.75. The van der Waals surface area contributed by atoms with E-state index in [0.29, 0.717) is 5.56 Å². The topological polar surface area (TPSA) is 80.4 Å². The number of rotatable bonds is 2. The summed E-state index contributed by atoms with van der Waals surface area (Å²) in [6.45, 7) is 0. The monoisotopic (exact) mass is 193 g/mol. The molecule has 1 N–H and O–H groups in total. The van der Waals surface area contributed by atoms with E-state index >= 15 is 0 Å². The van der Waals surface area contributed by atoms with Crippen LogP contribution in [-0.4, -0.2) is 21.9 Å². The minimum Gasteiger partial charge on any atom is -0.384 e. The maximum Gasteiger partial charge on any atom is 0.269 e. The number of non-ortho nitro benzene ring substituents is 1. The van der Waals surface area contributed by atoms with Crippen LogP contribution in [0.25, 0.3) is 0 Å². The molecular weight excluding hydrogens is 186 g/mol. The molecule has 0 aromatic heterocycles. The maximum absolute atomic E-state index is 10.9. The van der Waals surface area contributed by atoms with E-state index in [1.54, 1.807) is 6.07 Å². The highest BCUT2D eigenvalue weighted by atomic mass is 16.6. The number of hydrogen-bond acceptors (Lipinski definition) is 4. The highest BCUT2D eigenvalue weighted by molar-refractivity contribution is 6.06. The van der Waals surface area contributed by atoms with Gasteiger partial charge in [0.05, 0.1) is 10.8 Å². The van der Waals surface area contributed by atoms with E-state index < -0.39 is 16.9 Å². The van der Waals surface area contributed by atoms with Gasteiger partial charge in [0.2, 0.25) is 0 Å². The number of aliphatic hydroxyl groups is 1. The van der Waals surface area contributed by atoms with E-state index in [9.17, 15) is 14.9 Å². The summed E-state index contributed by atoms with van der Waals surface area (Å²) in [5.41, 5.74) is 0.450. The van der Waals surface area contributed by atoms with Crippen molar-refractivity contribution in [1.29, 1.82) is 0 Å². The molecule has 2 rings (SSSR count). The van der Waals surface area contributed by atoms with E-state index in [1.807, 2.05) is 0 Å². The fourth-order valence-corrected chi connectivity index (χ4v) is 1.41. The molecule has 0 bridgehead atoms. The highest BCUT2D eigenvalue weighted by Gasteiger charge is 2.49. The van der Waals surface area contributed by atoms with Crippen molar-refractivity contribution < 1.29 is 14.8 Å². The number of Topliss-reactive ketones (excluding diaryl/α,β-unsaturated/α-hetero) is 1. The summed E-state index contributed by atoms with van der Waals surface area (Å²) in [4.78, 5) is 20.8. The van der Waals surface area contributed by atoms with Crippen LogP contribution >= 0.6 is 0 Å². The predicted molar refractivity (Wildman–Crippen MR) is 46.9 cm³/mol. The number of aliphatic hydroxyl groups excluding tert-OH is 1. The van der Waals surface area contributed by atoms with Gasteiger partial charge in [-0.3, -0.25) is 14.9 Å². The van der Waals surface area contributed by atoms with Crippen LogP contribution in [0.5, 0.6) is 0 Å². The van der Waals surface area contributed by atoms with Gasteiger partial charge in [0, 0.05) is 12.1 Å². The van der Waals surface area contributed by atoms with E-state index in [0.717, 1.165) is 0 Å². The SMILES string of the molecule is O=C1C(O)C1c1cccc([N+](=O)[O-])c1. The van der Waals surface area contributed by atoms with Crippen LogP contribution in [0, 0.1) is 10.1 Å². The van der Waals surface area contributed by atoms with Gasteiger partial charge in [0.1, 0.15) is 6.10 Å². The molecule has 72 valence electrons. The lowest BCUT2D eigenvalue weighted by atomic mass is 10.1. The summed E-state index contributed by atoms with van der Waals surface area (Å²) in [5, 5.41) is 19.5. The lowest BCUT2D eigenvalue weighted by molar-refractivity contribution is -0.384. The first-order chi connectivity index (χ1) is 6.61. The zero-order valence-electron chi connectivity index (χ0n) is 7.08. The molecule has 1 fully saturated rings.